The summed E-state index contributed by atoms with van der Waals surface area (Å²) in [6.45, 7) is 14.9. The van der Waals surface area contributed by atoms with Gasteiger partial charge in [0.1, 0.15) is 0 Å². The molecule has 0 heterocycles. The third-order valence-electron chi connectivity index (χ3n) is 9.09. The number of carbonyl (C=O) groups is 1. The first kappa shape index (κ1) is 24.5. The average Bonchev–Trinajstić information content (AvgIpc) is 3.04. The Labute approximate surface area is 189 Å². The van der Waals surface area contributed by atoms with E-state index in [4.69, 9.17) is 0 Å². The normalized spacial score (nSPS) is 36.7. The van der Waals surface area contributed by atoms with Gasteiger partial charge >= 0.3 is 0 Å². The molecular formula is C28H44O3. The lowest BCUT2D eigenvalue weighted by molar-refractivity contribution is -0.117. The first-order chi connectivity index (χ1) is 14.4. The van der Waals surface area contributed by atoms with E-state index in [0.717, 1.165) is 24.3 Å². The van der Waals surface area contributed by atoms with Crippen LogP contribution in [0.15, 0.2) is 35.5 Å². The van der Waals surface area contributed by atoms with Crippen LogP contribution in [0, 0.1) is 29.1 Å². The number of Topliss-reactive ketones (excluding diaryl/α,β-unsaturated/α-hetero) is 1. The highest BCUT2D eigenvalue weighted by Gasteiger charge is 2.50. The Kier molecular flexibility index (Phi) is 7.38. The predicted molar refractivity (Wildman–Crippen MR) is 128 cm³/mol. The minimum absolute atomic E-state index is 0.0214. The van der Waals surface area contributed by atoms with Gasteiger partial charge in [-0.3, -0.25) is 4.79 Å². The molecule has 0 aromatic carbocycles. The molecule has 0 aromatic heterocycles. The van der Waals surface area contributed by atoms with Crippen molar-refractivity contribution >= 4 is 5.78 Å². The van der Waals surface area contributed by atoms with E-state index in [1.807, 2.05) is 13.8 Å². The van der Waals surface area contributed by atoms with Gasteiger partial charge in [-0.05, 0) is 93.5 Å². The Hall–Kier alpha value is -1.19. The Balaban J connectivity index is 1.72. The van der Waals surface area contributed by atoms with E-state index in [1.165, 1.54) is 37.7 Å². The third-order valence-corrected chi connectivity index (χ3v) is 9.09. The zero-order valence-corrected chi connectivity index (χ0v) is 20.4. The van der Waals surface area contributed by atoms with Crippen molar-refractivity contribution in [2.45, 2.75) is 104 Å². The van der Waals surface area contributed by atoms with Crippen molar-refractivity contribution in [2.24, 2.45) is 29.1 Å². The molecule has 3 aliphatic rings. The van der Waals surface area contributed by atoms with Crippen molar-refractivity contribution in [3.8, 4) is 0 Å². The lowest BCUT2D eigenvalue weighted by atomic mass is 9.60. The third kappa shape index (κ3) is 5.25. The van der Waals surface area contributed by atoms with Crippen molar-refractivity contribution in [3.63, 3.8) is 0 Å². The van der Waals surface area contributed by atoms with Gasteiger partial charge in [-0.2, -0.15) is 0 Å². The van der Waals surface area contributed by atoms with Crippen LogP contribution in [-0.2, 0) is 4.79 Å². The molecule has 2 N–H and O–H groups in total. The summed E-state index contributed by atoms with van der Waals surface area (Å²) in [6, 6.07) is 0. The first-order valence-electron chi connectivity index (χ1n) is 12.5. The van der Waals surface area contributed by atoms with E-state index in [9.17, 15) is 15.0 Å². The molecule has 3 saturated carbocycles. The van der Waals surface area contributed by atoms with Gasteiger partial charge < -0.3 is 10.2 Å². The highest BCUT2D eigenvalue weighted by Crippen LogP contribution is 2.60. The molecule has 0 radical (unpaired) electrons. The summed E-state index contributed by atoms with van der Waals surface area (Å²) < 4.78 is 0. The van der Waals surface area contributed by atoms with E-state index >= 15 is 0 Å². The van der Waals surface area contributed by atoms with E-state index in [2.05, 4.69) is 39.5 Å². The standard InChI is InChI=1S/C28H44O3/c1-18(9-10-19(2)27(4,5)31)24-13-14-25-21(8-7-15-28(24,25)6)11-12-22-16-23(29)17-26(30)20(22)3/h11-12,18-19,23-25,29,31H,3,7-10,13-17H2,1-2,4-6H3/b21-11+,22-12-. The van der Waals surface area contributed by atoms with E-state index < -0.39 is 11.7 Å². The molecule has 0 aliphatic heterocycles. The molecule has 3 nitrogen and oxygen atoms in total. The Morgan fingerprint density at radius 2 is 1.90 bits per heavy atom. The van der Waals surface area contributed by atoms with Gasteiger partial charge in [0.2, 0.25) is 0 Å². The summed E-state index contributed by atoms with van der Waals surface area (Å²) in [7, 11) is 0. The van der Waals surface area contributed by atoms with Crippen LogP contribution in [0.3, 0.4) is 0 Å². The SMILES string of the molecule is C=C1C(=O)CC(O)C/C1=C/C=C1\CCCC2(C)C1CCC2C(C)CCC(C)C(C)(C)O. The smallest absolute Gasteiger partial charge is 0.165 e. The molecule has 0 bridgehead atoms. The van der Waals surface area contributed by atoms with E-state index in [0.29, 0.717) is 35.2 Å². The number of hydrogen-bond acceptors (Lipinski definition) is 3. The van der Waals surface area contributed by atoms with Gasteiger partial charge in [-0.1, -0.05) is 51.5 Å². The highest BCUT2D eigenvalue weighted by molar-refractivity contribution is 6.00. The van der Waals surface area contributed by atoms with Gasteiger partial charge in [0.25, 0.3) is 0 Å². The minimum Gasteiger partial charge on any atom is -0.392 e. The molecule has 31 heavy (non-hydrogen) atoms. The lowest BCUT2D eigenvalue weighted by Crippen LogP contribution is -2.36. The van der Waals surface area contributed by atoms with Crippen LogP contribution in [0.1, 0.15) is 92.4 Å². The van der Waals surface area contributed by atoms with Crippen LogP contribution in [-0.4, -0.2) is 27.7 Å². The second kappa shape index (κ2) is 9.35. The summed E-state index contributed by atoms with van der Waals surface area (Å²) in [6.07, 6.45) is 13.0. The fourth-order valence-electron chi connectivity index (χ4n) is 6.62. The minimum atomic E-state index is -0.603. The van der Waals surface area contributed by atoms with Gasteiger partial charge in [0, 0.05) is 12.0 Å². The molecule has 0 aromatic rings. The van der Waals surface area contributed by atoms with Crippen molar-refractivity contribution in [1.82, 2.24) is 0 Å². The highest BCUT2D eigenvalue weighted by atomic mass is 16.3. The molecule has 0 amide bonds. The molecule has 174 valence electrons. The summed E-state index contributed by atoms with van der Waals surface area (Å²) >= 11 is 0. The molecule has 3 aliphatic carbocycles. The maximum Gasteiger partial charge on any atom is 0.165 e. The van der Waals surface area contributed by atoms with Gasteiger partial charge in [-0.15, -0.1) is 0 Å². The summed E-state index contributed by atoms with van der Waals surface area (Å²) in [5.41, 5.74) is 2.76. The topological polar surface area (TPSA) is 57.5 Å². The fourth-order valence-corrected chi connectivity index (χ4v) is 6.62. The Bertz CT molecular complexity index is 753. The molecule has 6 atom stereocenters. The second-order valence-corrected chi connectivity index (χ2v) is 11.6. The number of ketones is 1. The number of aliphatic hydroxyl groups is 2. The van der Waals surface area contributed by atoms with Crippen molar-refractivity contribution in [1.29, 1.82) is 0 Å². The maximum absolute atomic E-state index is 12.1. The predicted octanol–water partition coefficient (Wildman–Crippen LogP) is 6.16. The van der Waals surface area contributed by atoms with Crippen LogP contribution >= 0.6 is 0 Å². The first-order valence-corrected chi connectivity index (χ1v) is 12.5. The van der Waals surface area contributed by atoms with Crippen LogP contribution < -0.4 is 0 Å². The number of fused-ring (bicyclic) bond motifs is 1. The molecule has 0 saturated heterocycles. The summed E-state index contributed by atoms with van der Waals surface area (Å²) in [5.74, 6) is 2.32. The van der Waals surface area contributed by atoms with Crippen molar-refractivity contribution < 1.29 is 15.0 Å². The van der Waals surface area contributed by atoms with Crippen LogP contribution in [0.4, 0.5) is 0 Å². The van der Waals surface area contributed by atoms with Crippen LogP contribution in [0.25, 0.3) is 0 Å². The molecular weight excluding hydrogens is 384 g/mol. The van der Waals surface area contributed by atoms with E-state index in [1.54, 1.807) is 0 Å². The molecule has 3 fully saturated rings. The Morgan fingerprint density at radius 1 is 1.19 bits per heavy atom. The number of allylic oxidation sites excluding steroid dienone is 4. The molecule has 6 unspecified atom stereocenters. The molecule has 3 heteroatoms. The van der Waals surface area contributed by atoms with Crippen LogP contribution in [0.2, 0.25) is 0 Å². The number of hydrogen-bond donors (Lipinski definition) is 2. The van der Waals surface area contributed by atoms with Crippen molar-refractivity contribution in [3.05, 3.63) is 35.5 Å². The largest absolute Gasteiger partial charge is 0.392 e. The van der Waals surface area contributed by atoms with Gasteiger partial charge in [0.05, 0.1) is 11.7 Å². The number of rotatable bonds is 6. The molecule has 0 spiro atoms. The number of aliphatic hydroxyl groups excluding tert-OH is 1. The summed E-state index contributed by atoms with van der Waals surface area (Å²) in [5, 5.41) is 20.3. The zero-order valence-electron chi connectivity index (χ0n) is 20.4. The maximum atomic E-state index is 12.1. The fraction of sp³-hybridized carbons (Fsp3) is 0.750. The van der Waals surface area contributed by atoms with Gasteiger partial charge in [-0.25, -0.2) is 0 Å². The average molecular weight is 429 g/mol. The lowest BCUT2D eigenvalue weighted by Gasteiger charge is -2.44. The summed E-state index contributed by atoms with van der Waals surface area (Å²) in [4.78, 5) is 12.1. The zero-order chi connectivity index (χ0) is 23.0. The quantitative estimate of drug-likeness (QED) is 0.498. The van der Waals surface area contributed by atoms with Crippen molar-refractivity contribution in [2.75, 3.05) is 0 Å². The molecule has 3 rings (SSSR count). The van der Waals surface area contributed by atoms with Crippen LogP contribution in [0.5, 0.6) is 0 Å². The monoisotopic (exact) mass is 428 g/mol. The second-order valence-electron chi connectivity index (χ2n) is 11.6. The Morgan fingerprint density at radius 3 is 2.58 bits per heavy atom. The number of carbonyl (C=O) groups excluding carboxylic acids is 1. The van der Waals surface area contributed by atoms with Gasteiger partial charge in [0.15, 0.2) is 5.78 Å². The van der Waals surface area contributed by atoms with E-state index in [-0.39, 0.29) is 12.2 Å².